The van der Waals surface area contributed by atoms with E-state index in [1.807, 2.05) is 0 Å². The van der Waals surface area contributed by atoms with E-state index in [2.05, 4.69) is 0 Å². The zero-order valence-corrected chi connectivity index (χ0v) is 18.2. The normalized spacial score (nSPS) is 11.5. The van der Waals surface area contributed by atoms with Gasteiger partial charge >= 0.3 is 23.8 Å². The summed E-state index contributed by atoms with van der Waals surface area (Å²) in [6.45, 7) is 4.63. The lowest BCUT2D eigenvalue weighted by Gasteiger charge is -2.34. The van der Waals surface area contributed by atoms with Crippen molar-refractivity contribution in [2.24, 2.45) is 0 Å². The summed E-state index contributed by atoms with van der Waals surface area (Å²) < 4.78 is 16.7. The molecule has 1 aromatic heterocycles. The molecule has 0 amide bonds. The summed E-state index contributed by atoms with van der Waals surface area (Å²) in [6, 6.07) is 17.3. The van der Waals surface area contributed by atoms with Gasteiger partial charge in [-0.15, -0.1) is 0 Å². The molecular weight excluding hydrogens is 430 g/mol. The summed E-state index contributed by atoms with van der Waals surface area (Å²) >= 11 is 0. The van der Waals surface area contributed by atoms with E-state index >= 15 is 0 Å². The Hall–Kier alpha value is -4.27. The standard InChI is InChI=1S/C24H23NO8/c1-23(2,3)33-22(30)24(25-18(26)14-15-19(25)27,31-20(28)16-10-6-4-7-11-16)32-21(29)17-12-8-5-9-13-17/h4-15,26-27H,1-3H3. The first-order valence-corrected chi connectivity index (χ1v) is 9.94. The third kappa shape index (κ3) is 5.15. The van der Waals surface area contributed by atoms with E-state index in [0.29, 0.717) is 4.57 Å². The number of hydrogen-bond donors (Lipinski definition) is 2. The van der Waals surface area contributed by atoms with Crippen molar-refractivity contribution in [3.8, 4) is 11.8 Å². The molecule has 0 atom stereocenters. The van der Waals surface area contributed by atoms with E-state index in [-0.39, 0.29) is 11.1 Å². The first-order valence-electron chi connectivity index (χ1n) is 9.94. The maximum Gasteiger partial charge on any atom is 0.456 e. The number of carbonyl (C=O) groups is 3. The summed E-state index contributed by atoms with van der Waals surface area (Å²) in [5.74, 6) is -7.97. The molecule has 3 aromatic rings. The van der Waals surface area contributed by atoms with Gasteiger partial charge in [0.05, 0.1) is 11.1 Å². The van der Waals surface area contributed by atoms with E-state index in [9.17, 15) is 24.6 Å². The predicted octanol–water partition coefficient (Wildman–Crippen LogP) is 3.57. The molecule has 0 aliphatic carbocycles. The van der Waals surface area contributed by atoms with Gasteiger partial charge < -0.3 is 24.4 Å². The van der Waals surface area contributed by atoms with Crippen LogP contribution in [-0.2, 0) is 24.9 Å². The molecule has 33 heavy (non-hydrogen) atoms. The molecular formula is C24H23NO8. The largest absolute Gasteiger partial charge is 0.494 e. The lowest BCUT2D eigenvalue weighted by molar-refractivity contribution is -0.253. The van der Waals surface area contributed by atoms with Crippen LogP contribution in [0.3, 0.4) is 0 Å². The van der Waals surface area contributed by atoms with Crippen molar-refractivity contribution in [1.29, 1.82) is 0 Å². The van der Waals surface area contributed by atoms with E-state index in [1.54, 1.807) is 57.2 Å². The zero-order valence-electron chi connectivity index (χ0n) is 18.2. The Labute approximate surface area is 189 Å². The molecule has 2 N–H and O–H groups in total. The molecule has 0 aliphatic rings. The number of aromatic hydroxyl groups is 2. The fourth-order valence-corrected chi connectivity index (χ4v) is 2.86. The van der Waals surface area contributed by atoms with Gasteiger partial charge in [-0.2, -0.15) is 4.57 Å². The number of rotatable bonds is 6. The highest BCUT2D eigenvalue weighted by molar-refractivity contribution is 5.94. The van der Waals surface area contributed by atoms with Gasteiger partial charge in [0.2, 0.25) is 11.8 Å². The second kappa shape index (κ2) is 9.07. The number of hydrogen-bond acceptors (Lipinski definition) is 8. The van der Waals surface area contributed by atoms with E-state index in [4.69, 9.17) is 14.2 Å². The molecule has 9 heteroatoms. The minimum Gasteiger partial charge on any atom is -0.494 e. The number of benzene rings is 2. The number of nitrogens with zero attached hydrogens (tertiary/aromatic N) is 1. The molecule has 1 heterocycles. The minimum absolute atomic E-state index is 0.0207. The van der Waals surface area contributed by atoms with Gasteiger partial charge in [-0.1, -0.05) is 36.4 Å². The first kappa shape index (κ1) is 23.4. The van der Waals surface area contributed by atoms with Crippen molar-refractivity contribution in [2.45, 2.75) is 32.3 Å². The van der Waals surface area contributed by atoms with Gasteiger partial charge in [0, 0.05) is 12.1 Å². The molecule has 0 fully saturated rings. The van der Waals surface area contributed by atoms with E-state index < -0.39 is 41.2 Å². The van der Waals surface area contributed by atoms with Crippen molar-refractivity contribution >= 4 is 17.9 Å². The number of ether oxygens (including phenoxy) is 3. The van der Waals surface area contributed by atoms with Gasteiger partial charge in [0.1, 0.15) is 5.60 Å². The summed E-state index contributed by atoms with van der Waals surface area (Å²) in [6.07, 6.45) is 0. The van der Waals surface area contributed by atoms with Crippen LogP contribution in [0.5, 0.6) is 11.8 Å². The van der Waals surface area contributed by atoms with Crippen LogP contribution in [0.15, 0.2) is 72.8 Å². The van der Waals surface area contributed by atoms with Crippen molar-refractivity contribution in [2.75, 3.05) is 0 Å². The molecule has 0 radical (unpaired) electrons. The fourth-order valence-electron chi connectivity index (χ4n) is 2.86. The van der Waals surface area contributed by atoms with Crippen LogP contribution in [0.1, 0.15) is 41.5 Å². The highest BCUT2D eigenvalue weighted by atomic mass is 16.8. The summed E-state index contributed by atoms with van der Waals surface area (Å²) in [4.78, 5) is 39.3. The Morgan fingerprint density at radius 3 is 1.42 bits per heavy atom. The van der Waals surface area contributed by atoms with Crippen LogP contribution < -0.4 is 0 Å². The average molecular weight is 453 g/mol. The number of esters is 3. The third-order valence-corrected chi connectivity index (χ3v) is 4.27. The Balaban J connectivity index is 2.18. The average Bonchev–Trinajstić information content (AvgIpc) is 3.11. The first-order chi connectivity index (χ1) is 15.5. The second-order valence-electron chi connectivity index (χ2n) is 7.98. The summed E-state index contributed by atoms with van der Waals surface area (Å²) in [7, 11) is 0. The minimum atomic E-state index is -3.02. The van der Waals surface area contributed by atoms with Crippen LogP contribution >= 0.6 is 0 Å². The van der Waals surface area contributed by atoms with Crippen molar-refractivity contribution in [1.82, 2.24) is 4.57 Å². The van der Waals surface area contributed by atoms with Gasteiger partial charge in [-0.3, -0.25) is 0 Å². The van der Waals surface area contributed by atoms with Crippen LogP contribution in [0.2, 0.25) is 0 Å². The van der Waals surface area contributed by atoms with Crippen molar-refractivity contribution in [3.63, 3.8) is 0 Å². The maximum atomic E-state index is 13.4. The maximum absolute atomic E-state index is 13.4. The molecule has 2 aromatic carbocycles. The van der Waals surface area contributed by atoms with Crippen LogP contribution in [0.25, 0.3) is 0 Å². The van der Waals surface area contributed by atoms with E-state index in [0.717, 1.165) is 12.1 Å². The highest BCUT2D eigenvalue weighted by Gasteiger charge is 2.55. The summed E-state index contributed by atoms with van der Waals surface area (Å²) in [5.41, 5.74) is -1.07. The molecule has 172 valence electrons. The number of carbonyl (C=O) groups excluding carboxylic acids is 3. The SMILES string of the molecule is CC(C)(C)OC(=O)C(OC(=O)c1ccccc1)(OC(=O)c1ccccc1)n1c(O)ccc1O. The topological polar surface area (TPSA) is 124 Å². The Bertz CT molecular complexity index is 1070. The Morgan fingerprint density at radius 1 is 0.667 bits per heavy atom. The number of aromatic nitrogens is 1. The smallest absolute Gasteiger partial charge is 0.456 e. The van der Waals surface area contributed by atoms with E-state index in [1.165, 1.54) is 24.3 Å². The van der Waals surface area contributed by atoms with Crippen LogP contribution in [-0.4, -0.2) is 38.3 Å². The fraction of sp³-hybridized carbons (Fsp3) is 0.208. The summed E-state index contributed by atoms with van der Waals surface area (Å²) in [5, 5.41) is 20.8. The van der Waals surface area contributed by atoms with Gasteiger partial charge in [0.25, 0.3) is 0 Å². The molecule has 0 saturated heterocycles. The van der Waals surface area contributed by atoms with Crippen molar-refractivity contribution < 1.29 is 38.8 Å². The third-order valence-electron chi connectivity index (χ3n) is 4.27. The molecule has 0 saturated carbocycles. The van der Waals surface area contributed by atoms with Crippen LogP contribution in [0, 0.1) is 0 Å². The molecule has 0 spiro atoms. The van der Waals surface area contributed by atoms with Gasteiger partial charge in [0.15, 0.2) is 0 Å². The predicted molar refractivity (Wildman–Crippen MR) is 115 cm³/mol. The lowest BCUT2D eigenvalue weighted by Crippen LogP contribution is -2.52. The molecule has 9 nitrogen and oxygen atoms in total. The second-order valence-corrected chi connectivity index (χ2v) is 7.98. The monoisotopic (exact) mass is 453 g/mol. The lowest BCUT2D eigenvalue weighted by atomic mass is 10.2. The quantitative estimate of drug-likeness (QED) is 0.429. The zero-order chi connectivity index (χ0) is 24.2. The van der Waals surface area contributed by atoms with Crippen LogP contribution in [0.4, 0.5) is 0 Å². The van der Waals surface area contributed by atoms with Gasteiger partial charge in [-0.25, -0.2) is 14.4 Å². The molecule has 0 aliphatic heterocycles. The Morgan fingerprint density at radius 2 is 1.06 bits per heavy atom. The molecule has 3 rings (SSSR count). The molecule has 0 unspecified atom stereocenters. The molecule has 0 bridgehead atoms. The van der Waals surface area contributed by atoms with Gasteiger partial charge in [-0.05, 0) is 45.0 Å². The van der Waals surface area contributed by atoms with Crippen molar-refractivity contribution in [3.05, 3.63) is 83.9 Å². The Kier molecular flexibility index (Phi) is 6.43. The highest BCUT2D eigenvalue weighted by Crippen LogP contribution is 2.36.